The van der Waals surface area contributed by atoms with E-state index in [4.69, 9.17) is 0 Å². The van der Waals surface area contributed by atoms with E-state index in [0.29, 0.717) is 0 Å². The fourth-order valence-electron chi connectivity index (χ4n) is 2.70. The van der Waals surface area contributed by atoms with Gasteiger partial charge in [-0.2, -0.15) is 0 Å². The maximum Gasteiger partial charge on any atom is 0.0577 e. The van der Waals surface area contributed by atoms with E-state index in [9.17, 15) is 5.11 Å². The highest BCUT2D eigenvalue weighted by Crippen LogP contribution is 2.38. The first-order valence-electron chi connectivity index (χ1n) is 5.19. The first-order chi connectivity index (χ1) is 5.86. The van der Waals surface area contributed by atoms with Crippen molar-refractivity contribution >= 4 is 0 Å². The van der Waals surface area contributed by atoms with Crippen molar-refractivity contribution in [1.29, 1.82) is 0 Å². The van der Waals surface area contributed by atoms with Gasteiger partial charge in [0.2, 0.25) is 0 Å². The molecule has 2 aliphatic rings. The van der Waals surface area contributed by atoms with Crippen LogP contribution in [0.4, 0.5) is 0 Å². The Kier molecular flexibility index (Phi) is 2.50. The molecule has 0 radical (unpaired) electrons. The van der Waals surface area contributed by atoms with Gasteiger partial charge in [-0.05, 0) is 37.5 Å². The molecule has 0 aromatic rings. The van der Waals surface area contributed by atoms with E-state index in [1.165, 1.54) is 25.7 Å². The summed E-state index contributed by atoms with van der Waals surface area (Å²) in [6.45, 7) is 0. The standard InChI is InChI=1S/C11H18O/c12-11-7-2-1-4-9-5-3-6-10(9)8-11/h1-2,9-12H,3-8H2/b2-1-. The Hall–Kier alpha value is -0.300. The zero-order valence-corrected chi connectivity index (χ0v) is 7.58. The quantitative estimate of drug-likeness (QED) is 0.548. The van der Waals surface area contributed by atoms with Gasteiger partial charge >= 0.3 is 0 Å². The number of rotatable bonds is 0. The predicted molar refractivity (Wildman–Crippen MR) is 49.8 cm³/mol. The molecular formula is C11H18O. The Balaban J connectivity index is 2.02. The van der Waals surface area contributed by atoms with Crippen LogP contribution in [0.25, 0.3) is 0 Å². The molecule has 1 fully saturated rings. The molecule has 0 amide bonds. The Labute approximate surface area is 74.5 Å². The van der Waals surface area contributed by atoms with Gasteiger partial charge < -0.3 is 5.11 Å². The van der Waals surface area contributed by atoms with Gasteiger partial charge in [-0.3, -0.25) is 0 Å². The lowest BCUT2D eigenvalue weighted by molar-refractivity contribution is 0.131. The van der Waals surface area contributed by atoms with Crippen LogP contribution in [0, 0.1) is 11.8 Å². The highest BCUT2D eigenvalue weighted by Gasteiger charge is 2.28. The van der Waals surface area contributed by atoms with Crippen LogP contribution in [0.2, 0.25) is 0 Å². The normalized spacial score (nSPS) is 44.6. The SMILES string of the molecule is OC1C/C=C\CC2CCCC2C1. The molecule has 0 bridgehead atoms. The summed E-state index contributed by atoms with van der Waals surface area (Å²) in [5, 5.41) is 9.61. The second kappa shape index (κ2) is 3.61. The van der Waals surface area contributed by atoms with E-state index in [1.54, 1.807) is 0 Å². The van der Waals surface area contributed by atoms with Crippen LogP contribution in [0.3, 0.4) is 0 Å². The fraction of sp³-hybridized carbons (Fsp3) is 0.818. The van der Waals surface area contributed by atoms with Crippen LogP contribution in [-0.4, -0.2) is 11.2 Å². The van der Waals surface area contributed by atoms with E-state index in [1.807, 2.05) is 0 Å². The molecule has 1 heteroatoms. The smallest absolute Gasteiger partial charge is 0.0577 e. The zero-order valence-electron chi connectivity index (χ0n) is 7.58. The number of allylic oxidation sites excluding steroid dienone is 1. The molecule has 1 saturated carbocycles. The first kappa shape index (κ1) is 8.31. The van der Waals surface area contributed by atoms with Crippen molar-refractivity contribution < 1.29 is 5.11 Å². The summed E-state index contributed by atoms with van der Waals surface area (Å²) in [7, 11) is 0. The van der Waals surface area contributed by atoms with Crippen LogP contribution < -0.4 is 0 Å². The maximum absolute atomic E-state index is 9.61. The largest absolute Gasteiger partial charge is 0.393 e. The summed E-state index contributed by atoms with van der Waals surface area (Å²) >= 11 is 0. The summed E-state index contributed by atoms with van der Waals surface area (Å²) in [4.78, 5) is 0. The van der Waals surface area contributed by atoms with Gasteiger partial charge in [0.05, 0.1) is 6.10 Å². The van der Waals surface area contributed by atoms with Crippen molar-refractivity contribution in [1.82, 2.24) is 0 Å². The van der Waals surface area contributed by atoms with Crippen LogP contribution in [0.15, 0.2) is 12.2 Å². The molecule has 1 nitrogen and oxygen atoms in total. The summed E-state index contributed by atoms with van der Waals surface area (Å²) in [6, 6.07) is 0. The lowest BCUT2D eigenvalue weighted by Crippen LogP contribution is -2.17. The van der Waals surface area contributed by atoms with Crippen LogP contribution in [0.1, 0.15) is 38.5 Å². The molecule has 3 unspecified atom stereocenters. The third kappa shape index (κ3) is 1.71. The Morgan fingerprint density at radius 3 is 2.67 bits per heavy atom. The molecular weight excluding hydrogens is 148 g/mol. The van der Waals surface area contributed by atoms with Crippen LogP contribution in [-0.2, 0) is 0 Å². The lowest BCUT2D eigenvalue weighted by Gasteiger charge is -2.22. The number of hydrogen-bond donors (Lipinski definition) is 1. The zero-order chi connectivity index (χ0) is 8.39. The van der Waals surface area contributed by atoms with Crippen LogP contribution >= 0.6 is 0 Å². The molecule has 68 valence electrons. The lowest BCUT2D eigenvalue weighted by atomic mass is 9.85. The summed E-state index contributed by atoms with van der Waals surface area (Å²) in [6.07, 6.45) is 11.7. The van der Waals surface area contributed by atoms with Gasteiger partial charge in [-0.25, -0.2) is 0 Å². The van der Waals surface area contributed by atoms with E-state index in [2.05, 4.69) is 12.2 Å². The highest BCUT2D eigenvalue weighted by atomic mass is 16.3. The second-order valence-electron chi connectivity index (χ2n) is 4.28. The van der Waals surface area contributed by atoms with Gasteiger partial charge in [0.25, 0.3) is 0 Å². The number of aliphatic hydroxyl groups excluding tert-OH is 1. The maximum atomic E-state index is 9.61. The van der Waals surface area contributed by atoms with Gasteiger partial charge in [-0.1, -0.05) is 25.0 Å². The average Bonchev–Trinajstić information content (AvgIpc) is 2.42. The molecule has 0 aliphatic heterocycles. The molecule has 3 atom stereocenters. The molecule has 2 aliphatic carbocycles. The topological polar surface area (TPSA) is 20.2 Å². The van der Waals surface area contributed by atoms with Crippen LogP contribution in [0.5, 0.6) is 0 Å². The van der Waals surface area contributed by atoms with Gasteiger partial charge in [0.15, 0.2) is 0 Å². The average molecular weight is 166 g/mol. The third-order valence-corrected chi connectivity index (χ3v) is 3.40. The summed E-state index contributed by atoms with van der Waals surface area (Å²) < 4.78 is 0. The number of hydrogen-bond acceptors (Lipinski definition) is 1. The van der Waals surface area contributed by atoms with E-state index in [-0.39, 0.29) is 6.10 Å². The van der Waals surface area contributed by atoms with Crippen molar-refractivity contribution in [3.63, 3.8) is 0 Å². The summed E-state index contributed by atoms with van der Waals surface area (Å²) in [5.74, 6) is 1.71. The van der Waals surface area contributed by atoms with E-state index < -0.39 is 0 Å². The minimum absolute atomic E-state index is 0.0628. The first-order valence-corrected chi connectivity index (χ1v) is 5.19. The minimum atomic E-state index is -0.0628. The Morgan fingerprint density at radius 1 is 1.00 bits per heavy atom. The van der Waals surface area contributed by atoms with E-state index in [0.717, 1.165) is 24.7 Å². The van der Waals surface area contributed by atoms with Crippen molar-refractivity contribution in [3.8, 4) is 0 Å². The van der Waals surface area contributed by atoms with Gasteiger partial charge in [-0.15, -0.1) is 0 Å². The molecule has 2 rings (SSSR count). The van der Waals surface area contributed by atoms with Crippen molar-refractivity contribution in [3.05, 3.63) is 12.2 Å². The molecule has 0 saturated heterocycles. The molecule has 0 spiro atoms. The molecule has 1 N–H and O–H groups in total. The highest BCUT2D eigenvalue weighted by molar-refractivity contribution is 4.93. The van der Waals surface area contributed by atoms with Crippen molar-refractivity contribution in [2.75, 3.05) is 0 Å². The molecule has 0 heterocycles. The number of aliphatic hydroxyl groups is 1. The second-order valence-corrected chi connectivity index (χ2v) is 4.28. The van der Waals surface area contributed by atoms with Gasteiger partial charge in [0, 0.05) is 0 Å². The Bertz CT molecular complexity index is 174. The van der Waals surface area contributed by atoms with Crippen molar-refractivity contribution in [2.45, 2.75) is 44.6 Å². The molecule has 12 heavy (non-hydrogen) atoms. The minimum Gasteiger partial charge on any atom is -0.393 e. The van der Waals surface area contributed by atoms with E-state index >= 15 is 0 Å². The van der Waals surface area contributed by atoms with Gasteiger partial charge in [0.1, 0.15) is 0 Å². The molecule has 0 aromatic heterocycles. The monoisotopic (exact) mass is 166 g/mol. The predicted octanol–water partition coefficient (Wildman–Crippen LogP) is 2.50. The Morgan fingerprint density at radius 2 is 1.75 bits per heavy atom. The third-order valence-electron chi connectivity index (χ3n) is 3.40. The molecule has 0 aromatic carbocycles. The van der Waals surface area contributed by atoms with Crippen molar-refractivity contribution in [2.24, 2.45) is 11.8 Å². The number of fused-ring (bicyclic) bond motifs is 1. The summed E-state index contributed by atoms with van der Waals surface area (Å²) in [5.41, 5.74) is 0. The fourth-order valence-corrected chi connectivity index (χ4v) is 2.70.